The van der Waals surface area contributed by atoms with Crippen molar-refractivity contribution >= 4 is 23.5 Å². The number of halogens is 1. The van der Waals surface area contributed by atoms with Crippen LogP contribution in [0.4, 0.5) is 4.79 Å². The summed E-state index contributed by atoms with van der Waals surface area (Å²) in [6.45, 7) is 5.88. The lowest BCUT2D eigenvalue weighted by Gasteiger charge is -2.36. The van der Waals surface area contributed by atoms with Gasteiger partial charge in [-0.1, -0.05) is 30.7 Å². The summed E-state index contributed by atoms with van der Waals surface area (Å²) in [5.74, 6) is 0.233. The van der Waals surface area contributed by atoms with E-state index < -0.39 is 0 Å². The third kappa shape index (κ3) is 5.14. The molecule has 0 aromatic heterocycles. The number of hydrogen-bond donors (Lipinski definition) is 1. The van der Waals surface area contributed by atoms with Crippen LogP contribution in [0.3, 0.4) is 0 Å². The van der Waals surface area contributed by atoms with Gasteiger partial charge in [0.1, 0.15) is 0 Å². The second-order valence-electron chi connectivity index (χ2n) is 7.16. The third-order valence-electron chi connectivity index (χ3n) is 5.43. The number of urea groups is 1. The van der Waals surface area contributed by atoms with E-state index in [2.05, 4.69) is 5.32 Å². The number of carbonyl (C=O) groups excluding carboxylic acids is 2. The second kappa shape index (κ2) is 9.42. The SMILES string of the molecule is CCC(NC(=O)N1CCC(C(=O)N2CCOCC2)CC1)c1ccc(Cl)cc1. The van der Waals surface area contributed by atoms with Crippen LogP contribution in [0.2, 0.25) is 5.02 Å². The van der Waals surface area contributed by atoms with Gasteiger partial charge < -0.3 is 19.9 Å². The maximum Gasteiger partial charge on any atom is 0.317 e. The van der Waals surface area contributed by atoms with Crippen LogP contribution in [0.1, 0.15) is 37.8 Å². The molecule has 3 amide bonds. The fourth-order valence-corrected chi connectivity index (χ4v) is 3.85. The quantitative estimate of drug-likeness (QED) is 0.855. The molecule has 0 spiro atoms. The topological polar surface area (TPSA) is 61.9 Å². The molecule has 0 bridgehead atoms. The average Bonchev–Trinajstić information content (AvgIpc) is 2.73. The monoisotopic (exact) mass is 393 g/mol. The van der Waals surface area contributed by atoms with E-state index in [-0.39, 0.29) is 23.9 Å². The first-order valence-corrected chi connectivity index (χ1v) is 10.1. The van der Waals surface area contributed by atoms with Gasteiger partial charge in [0.05, 0.1) is 19.3 Å². The van der Waals surface area contributed by atoms with Crippen molar-refractivity contribution in [1.82, 2.24) is 15.1 Å². The van der Waals surface area contributed by atoms with E-state index in [1.807, 2.05) is 41.0 Å². The first kappa shape index (κ1) is 20.0. The Morgan fingerprint density at radius 1 is 1.11 bits per heavy atom. The highest BCUT2D eigenvalue weighted by atomic mass is 35.5. The molecule has 0 saturated carbocycles. The smallest absolute Gasteiger partial charge is 0.317 e. The fraction of sp³-hybridized carbons (Fsp3) is 0.600. The molecule has 2 fully saturated rings. The zero-order chi connectivity index (χ0) is 19.2. The van der Waals surface area contributed by atoms with Crippen molar-refractivity contribution in [2.45, 2.75) is 32.2 Å². The summed E-state index contributed by atoms with van der Waals surface area (Å²) < 4.78 is 5.31. The maximum absolute atomic E-state index is 12.7. The summed E-state index contributed by atoms with van der Waals surface area (Å²) in [5, 5.41) is 3.80. The van der Waals surface area contributed by atoms with Gasteiger partial charge in [0.2, 0.25) is 5.91 Å². The van der Waals surface area contributed by atoms with Crippen LogP contribution in [-0.4, -0.2) is 61.1 Å². The molecule has 2 heterocycles. The Balaban J connectivity index is 1.50. The van der Waals surface area contributed by atoms with Gasteiger partial charge in [0.15, 0.2) is 0 Å². The average molecular weight is 394 g/mol. The van der Waals surface area contributed by atoms with Gasteiger partial charge in [-0.15, -0.1) is 0 Å². The van der Waals surface area contributed by atoms with Crippen LogP contribution in [0, 0.1) is 5.92 Å². The largest absolute Gasteiger partial charge is 0.378 e. The predicted molar refractivity (Wildman–Crippen MR) is 105 cm³/mol. The second-order valence-corrected chi connectivity index (χ2v) is 7.60. The van der Waals surface area contributed by atoms with Crippen molar-refractivity contribution < 1.29 is 14.3 Å². The van der Waals surface area contributed by atoms with E-state index in [0.29, 0.717) is 44.4 Å². The number of benzene rings is 1. The molecule has 2 aliphatic rings. The van der Waals surface area contributed by atoms with Gasteiger partial charge in [0, 0.05) is 37.1 Å². The molecule has 1 N–H and O–H groups in total. The number of amides is 3. The van der Waals surface area contributed by atoms with E-state index in [1.165, 1.54) is 0 Å². The lowest BCUT2D eigenvalue weighted by atomic mass is 9.95. The highest BCUT2D eigenvalue weighted by Gasteiger charge is 2.31. The van der Waals surface area contributed by atoms with Crippen molar-refractivity contribution in [3.05, 3.63) is 34.9 Å². The number of likely N-dealkylation sites (tertiary alicyclic amines) is 1. The number of nitrogens with one attached hydrogen (secondary N) is 1. The molecule has 3 rings (SSSR count). The minimum atomic E-state index is -0.0610. The highest BCUT2D eigenvalue weighted by Crippen LogP contribution is 2.23. The molecule has 0 aliphatic carbocycles. The molecule has 2 saturated heterocycles. The Labute approximate surface area is 165 Å². The van der Waals surface area contributed by atoms with Crippen LogP contribution in [-0.2, 0) is 9.53 Å². The number of ether oxygens (including phenoxy) is 1. The van der Waals surface area contributed by atoms with Gasteiger partial charge in [-0.3, -0.25) is 4.79 Å². The van der Waals surface area contributed by atoms with Crippen molar-refractivity contribution in [3.8, 4) is 0 Å². The summed E-state index contributed by atoms with van der Waals surface area (Å²) in [7, 11) is 0. The Kier molecular flexibility index (Phi) is 6.96. The summed E-state index contributed by atoms with van der Waals surface area (Å²) in [4.78, 5) is 29.0. The Hall–Kier alpha value is -1.79. The zero-order valence-corrected chi connectivity index (χ0v) is 16.6. The van der Waals surface area contributed by atoms with Crippen LogP contribution in [0.25, 0.3) is 0 Å². The molecule has 1 unspecified atom stereocenters. The number of rotatable bonds is 4. The molecule has 148 valence electrons. The lowest BCUT2D eigenvalue weighted by Crippen LogP contribution is -2.49. The van der Waals surface area contributed by atoms with Crippen molar-refractivity contribution in [3.63, 3.8) is 0 Å². The molecule has 0 radical (unpaired) electrons. The summed E-state index contributed by atoms with van der Waals surface area (Å²) in [6, 6.07) is 7.48. The molecule has 27 heavy (non-hydrogen) atoms. The summed E-state index contributed by atoms with van der Waals surface area (Å²) in [5.41, 5.74) is 1.05. The van der Waals surface area contributed by atoms with E-state index in [4.69, 9.17) is 16.3 Å². The Bertz CT molecular complexity index is 638. The molecular formula is C20H28ClN3O3. The molecule has 1 atom stereocenters. The molecule has 1 aromatic rings. The standard InChI is InChI=1S/C20H28ClN3O3/c1-2-18(15-3-5-17(21)6-4-15)22-20(26)24-9-7-16(8-10-24)19(25)23-11-13-27-14-12-23/h3-6,16,18H,2,7-14H2,1H3,(H,22,26). The number of morpholine rings is 1. The van der Waals surface area contributed by atoms with Gasteiger partial charge in [-0.2, -0.15) is 0 Å². The minimum Gasteiger partial charge on any atom is -0.378 e. The third-order valence-corrected chi connectivity index (χ3v) is 5.68. The number of carbonyl (C=O) groups is 2. The number of nitrogens with zero attached hydrogens (tertiary/aromatic N) is 2. The summed E-state index contributed by atoms with van der Waals surface area (Å²) >= 11 is 5.95. The molecular weight excluding hydrogens is 366 g/mol. The molecule has 2 aliphatic heterocycles. The van der Waals surface area contributed by atoms with Crippen LogP contribution in [0.15, 0.2) is 24.3 Å². The zero-order valence-electron chi connectivity index (χ0n) is 15.8. The first-order chi connectivity index (χ1) is 13.1. The predicted octanol–water partition coefficient (Wildman–Crippen LogP) is 3.07. The van der Waals surface area contributed by atoms with Crippen molar-refractivity contribution in [2.24, 2.45) is 5.92 Å². The van der Waals surface area contributed by atoms with Crippen LogP contribution in [0.5, 0.6) is 0 Å². The van der Waals surface area contributed by atoms with Crippen molar-refractivity contribution in [2.75, 3.05) is 39.4 Å². The lowest BCUT2D eigenvalue weighted by molar-refractivity contribution is -0.141. The van der Waals surface area contributed by atoms with Gasteiger partial charge in [-0.25, -0.2) is 4.79 Å². The highest BCUT2D eigenvalue weighted by molar-refractivity contribution is 6.30. The summed E-state index contributed by atoms with van der Waals surface area (Å²) in [6.07, 6.45) is 2.25. The normalized spacial score (nSPS) is 19.6. The molecule has 1 aromatic carbocycles. The van der Waals surface area contributed by atoms with Gasteiger partial charge >= 0.3 is 6.03 Å². The van der Waals surface area contributed by atoms with Gasteiger partial charge in [0.25, 0.3) is 0 Å². The van der Waals surface area contributed by atoms with Crippen LogP contribution >= 0.6 is 11.6 Å². The maximum atomic E-state index is 12.7. The fourth-order valence-electron chi connectivity index (χ4n) is 3.73. The number of piperidine rings is 1. The minimum absolute atomic E-state index is 0.0189. The van der Waals surface area contributed by atoms with E-state index in [0.717, 1.165) is 24.8 Å². The first-order valence-electron chi connectivity index (χ1n) is 9.76. The number of hydrogen-bond acceptors (Lipinski definition) is 3. The van der Waals surface area contributed by atoms with E-state index in [1.54, 1.807) is 0 Å². The van der Waals surface area contributed by atoms with E-state index >= 15 is 0 Å². The molecule has 7 heteroatoms. The molecule has 6 nitrogen and oxygen atoms in total. The Morgan fingerprint density at radius 3 is 2.33 bits per heavy atom. The van der Waals surface area contributed by atoms with Crippen molar-refractivity contribution in [1.29, 1.82) is 0 Å². The van der Waals surface area contributed by atoms with E-state index in [9.17, 15) is 9.59 Å². The van der Waals surface area contributed by atoms with Crippen LogP contribution < -0.4 is 5.32 Å². The van der Waals surface area contributed by atoms with Gasteiger partial charge in [-0.05, 0) is 37.0 Å². The Morgan fingerprint density at radius 2 is 1.74 bits per heavy atom.